The standard InChI is InChI=1S/C13H7ClF2N2/c14-12-6-9(15)1-2-13(12)18-11-4-8(7-17)3-10(16)5-11/h1-6,18H. The fourth-order valence-electron chi connectivity index (χ4n) is 1.47. The molecular formula is C13H7ClF2N2. The van der Waals surface area contributed by atoms with Gasteiger partial charge in [0.25, 0.3) is 0 Å². The molecule has 2 aromatic carbocycles. The number of benzene rings is 2. The monoisotopic (exact) mass is 264 g/mol. The molecule has 5 heteroatoms. The predicted octanol–water partition coefficient (Wildman–Crippen LogP) is 4.23. The molecule has 0 amide bonds. The summed E-state index contributed by atoms with van der Waals surface area (Å²) in [6.07, 6.45) is 0. The molecule has 0 fully saturated rings. The summed E-state index contributed by atoms with van der Waals surface area (Å²) in [5, 5.41) is 11.7. The van der Waals surface area contributed by atoms with Crippen molar-refractivity contribution < 1.29 is 8.78 Å². The lowest BCUT2D eigenvalue weighted by Gasteiger charge is -2.08. The predicted molar refractivity (Wildman–Crippen MR) is 65.8 cm³/mol. The van der Waals surface area contributed by atoms with Crippen LogP contribution in [0.4, 0.5) is 20.2 Å². The van der Waals surface area contributed by atoms with Gasteiger partial charge in [0.1, 0.15) is 11.6 Å². The molecule has 0 unspecified atom stereocenters. The molecule has 2 nitrogen and oxygen atoms in total. The molecule has 2 rings (SSSR count). The van der Waals surface area contributed by atoms with Gasteiger partial charge < -0.3 is 5.32 Å². The van der Waals surface area contributed by atoms with Crippen molar-refractivity contribution in [3.8, 4) is 6.07 Å². The highest BCUT2D eigenvalue weighted by atomic mass is 35.5. The van der Waals surface area contributed by atoms with E-state index in [4.69, 9.17) is 16.9 Å². The van der Waals surface area contributed by atoms with Crippen molar-refractivity contribution in [1.29, 1.82) is 5.26 Å². The molecule has 18 heavy (non-hydrogen) atoms. The van der Waals surface area contributed by atoms with Crippen molar-refractivity contribution in [2.75, 3.05) is 5.32 Å². The van der Waals surface area contributed by atoms with Crippen LogP contribution >= 0.6 is 11.6 Å². The van der Waals surface area contributed by atoms with E-state index < -0.39 is 11.6 Å². The summed E-state index contributed by atoms with van der Waals surface area (Å²) in [5.41, 5.74) is 1.00. The molecule has 0 aliphatic carbocycles. The second-order valence-corrected chi connectivity index (χ2v) is 4.00. The summed E-state index contributed by atoms with van der Waals surface area (Å²) in [6, 6.07) is 9.49. The molecule has 0 saturated heterocycles. The van der Waals surface area contributed by atoms with Crippen molar-refractivity contribution in [2.45, 2.75) is 0 Å². The third-order valence-electron chi connectivity index (χ3n) is 2.24. The summed E-state index contributed by atoms with van der Waals surface area (Å²) < 4.78 is 26.1. The van der Waals surface area contributed by atoms with E-state index in [2.05, 4.69) is 5.32 Å². The molecule has 0 aliphatic heterocycles. The third-order valence-corrected chi connectivity index (χ3v) is 2.55. The second-order valence-electron chi connectivity index (χ2n) is 3.59. The summed E-state index contributed by atoms with van der Waals surface area (Å²) >= 11 is 5.83. The maximum atomic E-state index is 13.2. The van der Waals surface area contributed by atoms with Crippen LogP contribution in [-0.2, 0) is 0 Å². The summed E-state index contributed by atoms with van der Waals surface area (Å²) in [7, 11) is 0. The van der Waals surface area contributed by atoms with Gasteiger partial charge in [-0.05, 0) is 36.4 Å². The van der Waals surface area contributed by atoms with Crippen molar-refractivity contribution >= 4 is 23.0 Å². The molecule has 2 aromatic rings. The SMILES string of the molecule is N#Cc1cc(F)cc(Nc2ccc(F)cc2Cl)c1. The topological polar surface area (TPSA) is 35.8 Å². The van der Waals surface area contributed by atoms with Crippen LogP contribution in [0.2, 0.25) is 5.02 Å². The Labute approximate surface area is 107 Å². The lowest BCUT2D eigenvalue weighted by Crippen LogP contribution is -1.93. The Hall–Kier alpha value is -2.12. The number of hydrogen-bond donors (Lipinski definition) is 1. The summed E-state index contributed by atoms with van der Waals surface area (Å²) in [6.45, 7) is 0. The van der Waals surface area contributed by atoms with Crippen molar-refractivity contribution in [1.82, 2.24) is 0 Å². The van der Waals surface area contributed by atoms with Crippen LogP contribution < -0.4 is 5.32 Å². The minimum Gasteiger partial charge on any atom is -0.354 e. The Kier molecular flexibility index (Phi) is 3.45. The Bertz CT molecular complexity index is 635. The highest BCUT2D eigenvalue weighted by Crippen LogP contribution is 2.26. The van der Waals surface area contributed by atoms with Gasteiger partial charge in [-0.3, -0.25) is 0 Å². The number of hydrogen-bond acceptors (Lipinski definition) is 2. The first-order chi connectivity index (χ1) is 8.58. The Morgan fingerprint density at radius 3 is 2.50 bits per heavy atom. The van der Waals surface area contributed by atoms with Crippen LogP contribution in [0.15, 0.2) is 36.4 Å². The van der Waals surface area contributed by atoms with Gasteiger partial charge in [-0.25, -0.2) is 8.78 Å². The van der Waals surface area contributed by atoms with E-state index in [-0.39, 0.29) is 10.6 Å². The Balaban J connectivity index is 2.34. The quantitative estimate of drug-likeness (QED) is 0.881. The average Bonchev–Trinajstić information content (AvgIpc) is 2.32. The van der Waals surface area contributed by atoms with Gasteiger partial charge in [0.2, 0.25) is 0 Å². The van der Waals surface area contributed by atoms with Gasteiger partial charge >= 0.3 is 0 Å². The number of nitrogens with one attached hydrogen (secondary N) is 1. The zero-order chi connectivity index (χ0) is 13.1. The fraction of sp³-hybridized carbons (Fsp3) is 0. The van der Waals surface area contributed by atoms with Gasteiger partial charge in [-0.15, -0.1) is 0 Å². The number of nitrogens with zero attached hydrogens (tertiary/aromatic N) is 1. The first kappa shape index (κ1) is 12.3. The largest absolute Gasteiger partial charge is 0.354 e. The average molecular weight is 265 g/mol. The minimum absolute atomic E-state index is 0.178. The number of rotatable bonds is 2. The first-order valence-electron chi connectivity index (χ1n) is 5.01. The van der Waals surface area contributed by atoms with E-state index in [9.17, 15) is 8.78 Å². The minimum atomic E-state index is -0.533. The van der Waals surface area contributed by atoms with Crippen molar-refractivity contribution in [3.63, 3.8) is 0 Å². The van der Waals surface area contributed by atoms with Crippen molar-refractivity contribution in [3.05, 3.63) is 58.6 Å². The number of halogens is 3. The normalized spacial score (nSPS) is 9.89. The van der Waals surface area contributed by atoms with Crippen LogP contribution in [0.25, 0.3) is 0 Å². The summed E-state index contributed by atoms with van der Waals surface area (Å²) in [4.78, 5) is 0. The van der Waals surface area contributed by atoms with Crippen LogP contribution in [0, 0.1) is 23.0 Å². The zero-order valence-corrected chi connectivity index (χ0v) is 9.80. The summed E-state index contributed by atoms with van der Waals surface area (Å²) in [5.74, 6) is -0.989. The molecule has 0 bridgehead atoms. The maximum Gasteiger partial charge on any atom is 0.126 e. The molecule has 1 N–H and O–H groups in total. The van der Waals surface area contributed by atoms with E-state index in [1.54, 1.807) is 0 Å². The molecular weight excluding hydrogens is 258 g/mol. The molecule has 0 heterocycles. The number of nitriles is 1. The van der Waals surface area contributed by atoms with E-state index in [1.165, 1.54) is 24.3 Å². The number of anilines is 2. The third kappa shape index (κ3) is 2.76. The molecule has 0 aliphatic rings. The van der Waals surface area contributed by atoms with Crippen LogP contribution in [-0.4, -0.2) is 0 Å². The zero-order valence-electron chi connectivity index (χ0n) is 9.05. The van der Waals surface area contributed by atoms with Gasteiger partial charge in [-0.1, -0.05) is 11.6 Å². The molecule has 0 aromatic heterocycles. The smallest absolute Gasteiger partial charge is 0.126 e. The first-order valence-corrected chi connectivity index (χ1v) is 5.39. The van der Waals surface area contributed by atoms with Gasteiger partial charge in [0.05, 0.1) is 22.3 Å². The van der Waals surface area contributed by atoms with E-state index in [0.717, 1.165) is 12.1 Å². The maximum absolute atomic E-state index is 13.2. The van der Waals surface area contributed by atoms with Gasteiger partial charge in [0, 0.05) is 5.69 Å². The second kappa shape index (κ2) is 5.03. The molecule has 0 spiro atoms. The van der Waals surface area contributed by atoms with E-state index in [0.29, 0.717) is 11.4 Å². The molecule has 0 atom stereocenters. The molecule has 0 radical (unpaired) electrons. The highest BCUT2D eigenvalue weighted by Gasteiger charge is 2.05. The van der Waals surface area contributed by atoms with E-state index >= 15 is 0 Å². The van der Waals surface area contributed by atoms with Crippen molar-refractivity contribution in [2.24, 2.45) is 0 Å². The Morgan fingerprint density at radius 2 is 1.83 bits per heavy atom. The fourth-order valence-corrected chi connectivity index (χ4v) is 1.69. The van der Waals surface area contributed by atoms with E-state index in [1.807, 2.05) is 6.07 Å². The molecule has 90 valence electrons. The molecule has 0 saturated carbocycles. The Morgan fingerprint density at radius 1 is 1.06 bits per heavy atom. The van der Waals surface area contributed by atoms with Gasteiger partial charge in [-0.2, -0.15) is 5.26 Å². The van der Waals surface area contributed by atoms with Crippen LogP contribution in [0.3, 0.4) is 0 Å². The highest BCUT2D eigenvalue weighted by molar-refractivity contribution is 6.33. The lowest BCUT2D eigenvalue weighted by atomic mass is 10.2. The van der Waals surface area contributed by atoms with Gasteiger partial charge in [0.15, 0.2) is 0 Å². The van der Waals surface area contributed by atoms with Crippen LogP contribution in [0.1, 0.15) is 5.56 Å². The lowest BCUT2D eigenvalue weighted by molar-refractivity contribution is 0.627. The van der Waals surface area contributed by atoms with Crippen LogP contribution in [0.5, 0.6) is 0 Å².